The van der Waals surface area contributed by atoms with Crippen LogP contribution in [0.3, 0.4) is 0 Å². The van der Waals surface area contributed by atoms with Crippen molar-refractivity contribution < 1.29 is 9.53 Å². The molecule has 1 heterocycles. The zero-order valence-electron chi connectivity index (χ0n) is 9.90. The fraction of sp³-hybridized carbons (Fsp3) is 0.214. The highest BCUT2D eigenvalue weighted by Gasteiger charge is 2.08. The Balaban J connectivity index is 2.19. The molecule has 0 spiro atoms. The molecule has 2 nitrogen and oxygen atoms in total. The number of carbonyl (C=O) groups excluding carboxylic acids is 1. The smallest absolute Gasteiger partial charge is 0.163 e. The van der Waals surface area contributed by atoms with Crippen LogP contribution in [0, 0.1) is 6.92 Å². The Morgan fingerprint density at radius 3 is 2.82 bits per heavy atom. The molecule has 0 bridgehead atoms. The van der Waals surface area contributed by atoms with Crippen LogP contribution in [0.15, 0.2) is 35.0 Å². The van der Waals surface area contributed by atoms with Gasteiger partial charge in [-0.1, -0.05) is 6.07 Å². The maximum absolute atomic E-state index is 11.5. The summed E-state index contributed by atoms with van der Waals surface area (Å²) in [5, 5.41) is 4.06. The summed E-state index contributed by atoms with van der Waals surface area (Å²) in [6, 6.07) is 7.67. The van der Waals surface area contributed by atoms with Crippen molar-refractivity contribution in [2.75, 3.05) is 0 Å². The van der Waals surface area contributed by atoms with E-state index in [4.69, 9.17) is 4.74 Å². The molecule has 0 saturated heterocycles. The lowest BCUT2D eigenvalue weighted by atomic mass is 10.1. The first-order valence-corrected chi connectivity index (χ1v) is 6.36. The lowest BCUT2D eigenvalue weighted by molar-refractivity contribution is 0.101. The topological polar surface area (TPSA) is 26.3 Å². The van der Waals surface area contributed by atoms with Crippen molar-refractivity contribution in [3.05, 3.63) is 51.7 Å². The molecule has 1 aromatic heterocycles. The zero-order valence-corrected chi connectivity index (χ0v) is 10.7. The van der Waals surface area contributed by atoms with Crippen LogP contribution in [0.2, 0.25) is 0 Å². The predicted octanol–water partition coefficient (Wildman–Crippen LogP) is 3.84. The second-order valence-electron chi connectivity index (χ2n) is 3.98. The van der Waals surface area contributed by atoms with E-state index in [0.29, 0.717) is 17.9 Å². The summed E-state index contributed by atoms with van der Waals surface area (Å²) in [4.78, 5) is 11.5. The molecule has 0 saturated carbocycles. The Kier molecular flexibility index (Phi) is 3.59. The Morgan fingerprint density at radius 2 is 2.18 bits per heavy atom. The van der Waals surface area contributed by atoms with E-state index in [2.05, 4.69) is 0 Å². The van der Waals surface area contributed by atoms with Gasteiger partial charge in [-0.15, -0.1) is 0 Å². The number of Topliss-reactive ketones (excluding diaryl/α,β-unsaturated/α-hetero) is 1. The quantitative estimate of drug-likeness (QED) is 0.766. The number of hydrogen-bond donors (Lipinski definition) is 0. The number of aryl methyl sites for hydroxylation is 1. The van der Waals surface area contributed by atoms with Crippen LogP contribution < -0.4 is 4.74 Å². The van der Waals surface area contributed by atoms with Gasteiger partial charge in [0.2, 0.25) is 0 Å². The number of thiophene rings is 1. The van der Waals surface area contributed by atoms with Gasteiger partial charge >= 0.3 is 0 Å². The van der Waals surface area contributed by atoms with Gasteiger partial charge in [0, 0.05) is 0 Å². The minimum atomic E-state index is 0.0327. The molecule has 1 aromatic carbocycles. The van der Waals surface area contributed by atoms with Crippen molar-refractivity contribution in [3.8, 4) is 5.75 Å². The highest BCUT2D eigenvalue weighted by Crippen LogP contribution is 2.22. The van der Waals surface area contributed by atoms with Gasteiger partial charge < -0.3 is 4.74 Å². The molecular weight excluding hydrogens is 232 g/mol. The molecule has 2 rings (SSSR count). The molecule has 0 N–H and O–H groups in total. The summed E-state index contributed by atoms with van der Waals surface area (Å²) >= 11 is 1.64. The minimum absolute atomic E-state index is 0.0327. The molecule has 2 aromatic rings. The Labute approximate surface area is 105 Å². The Morgan fingerprint density at radius 1 is 1.35 bits per heavy atom. The largest absolute Gasteiger partial charge is 0.488 e. The predicted molar refractivity (Wildman–Crippen MR) is 69.8 cm³/mol. The third-order valence-electron chi connectivity index (χ3n) is 2.49. The van der Waals surface area contributed by atoms with Gasteiger partial charge in [-0.2, -0.15) is 11.3 Å². The molecule has 0 aliphatic rings. The van der Waals surface area contributed by atoms with Crippen molar-refractivity contribution in [1.82, 2.24) is 0 Å². The highest BCUT2D eigenvalue weighted by atomic mass is 32.1. The first kappa shape index (κ1) is 11.9. The van der Waals surface area contributed by atoms with E-state index in [1.165, 1.54) is 0 Å². The van der Waals surface area contributed by atoms with E-state index in [0.717, 1.165) is 11.1 Å². The summed E-state index contributed by atoms with van der Waals surface area (Å²) in [5.74, 6) is 0.703. The molecule has 0 unspecified atom stereocenters. The van der Waals surface area contributed by atoms with E-state index < -0.39 is 0 Å². The number of ketones is 1. The molecule has 0 fully saturated rings. The second kappa shape index (κ2) is 5.15. The average molecular weight is 246 g/mol. The SMILES string of the molecule is CC(=O)c1ccc(C)cc1OCc1ccsc1. The van der Waals surface area contributed by atoms with Crippen LogP contribution in [0.4, 0.5) is 0 Å². The summed E-state index contributed by atoms with van der Waals surface area (Å²) in [7, 11) is 0. The molecular formula is C14H14O2S. The molecule has 0 amide bonds. The van der Waals surface area contributed by atoms with Crippen molar-refractivity contribution in [2.24, 2.45) is 0 Å². The summed E-state index contributed by atoms with van der Waals surface area (Å²) in [5.41, 5.74) is 2.87. The molecule has 0 aliphatic heterocycles. The molecule has 0 atom stereocenters. The third-order valence-corrected chi connectivity index (χ3v) is 3.22. The van der Waals surface area contributed by atoms with Gasteiger partial charge in [-0.3, -0.25) is 4.79 Å². The molecule has 88 valence electrons. The number of benzene rings is 1. The van der Waals surface area contributed by atoms with Gasteiger partial charge in [-0.05, 0) is 53.9 Å². The van der Waals surface area contributed by atoms with Crippen molar-refractivity contribution in [3.63, 3.8) is 0 Å². The maximum Gasteiger partial charge on any atom is 0.163 e. The monoisotopic (exact) mass is 246 g/mol. The summed E-state index contributed by atoms with van der Waals surface area (Å²) in [6.45, 7) is 4.05. The lowest BCUT2D eigenvalue weighted by Crippen LogP contribution is -2.01. The first-order valence-electron chi connectivity index (χ1n) is 5.42. The number of carbonyl (C=O) groups is 1. The fourth-order valence-electron chi connectivity index (χ4n) is 1.58. The molecule has 0 aliphatic carbocycles. The van der Waals surface area contributed by atoms with Gasteiger partial charge in [0.25, 0.3) is 0 Å². The molecule has 17 heavy (non-hydrogen) atoms. The van der Waals surface area contributed by atoms with Crippen LogP contribution in [0.1, 0.15) is 28.4 Å². The van der Waals surface area contributed by atoms with E-state index in [1.807, 2.05) is 41.9 Å². The Hall–Kier alpha value is -1.61. The minimum Gasteiger partial charge on any atom is -0.488 e. The first-order chi connectivity index (χ1) is 8.16. The second-order valence-corrected chi connectivity index (χ2v) is 4.76. The highest BCUT2D eigenvalue weighted by molar-refractivity contribution is 7.07. The van der Waals surface area contributed by atoms with Gasteiger partial charge in [0.05, 0.1) is 5.56 Å². The third kappa shape index (κ3) is 2.94. The summed E-state index contributed by atoms with van der Waals surface area (Å²) < 4.78 is 5.71. The zero-order chi connectivity index (χ0) is 12.3. The van der Waals surface area contributed by atoms with Crippen LogP contribution in [0.5, 0.6) is 5.75 Å². The van der Waals surface area contributed by atoms with Gasteiger partial charge in [0.1, 0.15) is 12.4 Å². The maximum atomic E-state index is 11.5. The van der Waals surface area contributed by atoms with Crippen LogP contribution in [-0.2, 0) is 6.61 Å². The van der Waals surface area contributed by atoms with Crippen molar-refractivity contribution in [2.45, 2.75) is 20.5 Å². The number of ether oxygens (including phenoxy) is 1. The molecule has 0 radical (unpaired) electrons. The van der Waals surface area contributed by atoms with E-state index in [9.17, 15) is 4.79 Å². The Bertz CT molecular complexity index is 515. The number of rotatable bonds is 4. The van der Waals surface area contributed by atoms with Crippen molar-refractivity contribution in [1.29, 1.82) is 0 Å². The van der Waals surface area contributed by atoms with Crippen LogP contribution in [0.25, 0.3) is 0 Å². The molecule has 3 heteroatoms. The van der Waals surface area contributed by atoms with Crippen LogP contribution >= 0.6 is 11.3 Å². The van der Waals surface area contributed by atoms with E-state index in [-0.39, 0.29) is 5.78 Å². The van der Waals surface area contributed by atoms with Gasteiger partial charge in [-0.25, -0.2) is 0 Å². The van der Waals surface area contributed by atoms with E-state index in [1.54, 1.807) is 18.3 Å². The van der Waals surface area contributed by atoms with E-state index >= 15 is 0 Å². The normalized spacial score (nSPS) is 10.2. The fourth-order valence-corrected chi connectivity index (χ4v) is 2.23. The van der Waals surface area contributed by atoms with Gasteiger partial charge in [0.15, 0.2) is 5.78 Å². The average Bonchev–Trinajstić information content (AvgIpc) is 2.78. The lowest BCUT2D eigenvalue weighted by Gasteiger charge is -2.09. The summed E-state index contributed by atoms with van der Waals surface area (Å²) in [6.07, 6.45) is 0. The van der Waals surface area contributed by atoms with Crippen molar-refractivity contribution >= 4 is 17.1 Å². The standard InChI is InChI=1S/C14H14O2S/c1-10-3-4-13(11(2)15)14(7-10)16-8-12-5-6-17-9-12/h3-7,9H,8H2,1-2H3. The van der Waals surface area contributed by atoms with Crippen LogP contribution in [-0.4, -0.2) is 5.78 Å². The number of hydrogen-bond acceptors (Lipinski definition) is 3.